The summed E-state index contributed by atoms with van der Waals surface area (Å²) in [5.41, 5.74) is 4.52. The maximum atomic E-state index is 13.3. The number of carbonyl (C=O) groups excluding carboxylic acids is 1. The van der Waals surface area contributed by atoms with Crippen molar-refractivity contribution in [2.75, 3.05) is 6.54 Å². The molecule has 5 rings (SSSR count). The number of nitrogens with one attached hydrogen (secondary N) is 1. The van der Waals surface area contributed by atoms with Crippen LogP contribution in [-0.4, -0.2) is 27.5 Å². The molecule has 29 heavy (non-hydrogen) atoms. The summed E-state index contributed by atoms with van der Waals surface area (Å²) in [6.45, 7) is 0.647. The molecular formula is C23H18ClN3OS. The summed E-state index contributed by atoms with van der Waals surface area (Å²) in [4.78, 5) is 16.4. The second-order valence-corrected chi connectivity index (χ2v) is 8.44. The molecule has 0 radical (unpaired) electrons. The van der Waals surface area contributed by atoms with Gasteiger partial charge in [0.2, 0.25) is 0 Å². The van der Waals surface area contributed by atoms with Gasteiger partial charge in [-0.3, -0.25) is 9.89 Å². The number of halogens is 1. The Kier molecular flexibility index (Phi) is 4.70. The zero-order valence-corrected chi connectivity index (χ0v) is 17.1. The third-order valence-corrected chi connectivity index (χ3v) is 6.46. The minimum atomic E-state index is -0.134. The predicted octanol–water partition coefficient (Wildman–Crippen LogP) is 5.58. The molecule has 3 heterocycles. The smallest absolute Gasteiger partial charge is 0.273 e. The van der Waals surface area contributed by atoms with Gasteiger partial charge in [0.05, 0.1) is 11.7 Å². The molecule has 2 aromatic heterocycles. The van der Waals surface area contributed by atoms with Gasteiger partial charge in [-0.2, -0.15) is 5.10 Å². The maximum Gasteiger partial charge on any atom is 0.273 e. The van der Waals surface area contributed by atoms with Crippen molar-refractivity contribution in [2.45, 2.75) is 12.5 Å². The Morgan fingerprint density at radius 3 is 2.55 bits per heavy atom. The maximum absolute atomic E-state index is 13.3. The fourth-order valence-electron chi connectivity index (χ4n) is 3.89. The van der Waals surface area contributed by atoms with Crippen molar-refractivity contribution in [3.05, 3.63) is 98.8 Å². The zero-order valence-electron chi connectivity index (χ0n) is 15.5. The van der Waals surface area contributed by atoms with Crippen LogP contribution < -0.4 is 0 Å². The number of fused-ring (bicyclic) bond motifs is 1. The van der Waals surface area contributed by atoms with Crippen LogP contribution in [0.4, 0.5) is 0 Å². The third-order valence-electron chi connectivity index (χ3n) is 5.28. The number of thiophene rings is 1. The van der Waals surface area contributed by atoms with Gasteiger partial charge in [0.1, 0.15) is 5.69 Å². The van der Waals surface area contributed by atoms with Gasteiger partial charge in [-0.25, -0.2) is 0 Å². The van der Waals surface area contributed by atoms with Gasteiger partial charge in [0, 0.05) is 27.6 Å². The van der Waals surface area contributed by atoms with E-state index in [0.717, 1.165) is 28.1 Å². The lowest BCUT2D eigenvalue weighted by atomic mass is 10.0. The second-order valence-electron chi connectivity index (χ2n) is 7.02. The van der Waals surface area contributed by atoms with Crippen molar-refractivity contribution in [1.82, 2.24) is 15.1 Å². The number of aromatic amines is 1. The highest BCUT2D eigenvalue weighted by Gasteiger charge is 2.42. The van der Waals surface area contributed by atoms with E-state index in [0.29, 0.717) is 17.3 Å². The average molecular weight is 420 g/mol. The van der Waals surface area contributed by atoms with Crippen molar-refractivity contribution in [1.29, 1.82) is 0 Å². The van der Waals surface area contributed by atoms with Crippen molar-refractivity contribution < 1.29 is 4.79 Å². The van der Waals surface area contributed by atoms with Gasteiger partial charge in [-0.05, 0) is 35.6 Å². The standard InChI is InChI=1S/C23H18ClN3OS/c24-17-10-8-16(9-11-17)20-19-21(26-25-20)23(28)27(22(19)18-7-4-14-29-18)13-12-15-5-2-1-3-6-15/h1-11,14,22H,12-13H2,(H,25,26). The molecule has 1 aliphatic heterocycles. The number of rotatable bonds is 5. The lowest BCUT2D eigenvalue weighted by molar-refractivity contribution is 0.0748. The van der Waals surface area contributed by atoms with Crippen molar-refractivity contribution in [3.63, 3.8) is 0 Å². The number of hydrogen-bond acceptors (Lipinski definition) is 3. The average Bonchev–Trinajstić information content (AvgIpc) is 3.47. The van der Waals surface area contributed by atoms with Crippen molar-refractivity contribution in [3.8, 4) is 11.3 Å². The highest BCUT2D eigenvalue weighted by molar-refractivity contribution is 7.10. The summed E-state index contributed by atoms with van der Waals surface area (Å²) in [5, 5.41) is 10.2. The molecule has 2 aromatic carbocycles. The first-order valence-electron chi connectivity index (χ1n) is 9.45. The van der Waals surface area contributed by atoms with Crippen LogP contribution in [0.2, 0.25) is 5.02 Å². The normalized spacial score (nSPS) is 15.7. The Balaban J connectivity index is 1.55. The van der Waals surface area contributed by atoms with Gasteiger partial charge in [0.25, 0.3) is 5.91 Å². The third kappa shape index (κ3) is 3.26. The fraction of sp³-hybridized carbons (Fsp3) is 0.130. The van der Waals surface area contributed by atoms with Gasteiger partial charge >= 0.3 is 0 Å². The Morgan fingerprint density at radius 1 is 1.03 bits per heavy atom. The highest BCUT2D eigenvalue weighted by atomic mass is 35.5. The predicted molar refractivity (Wildman–Crippen MR) is 116 cm³/mol. The van der Waals surface area contributed by atoms with E-state index in [1.54, 1.807) is 11.3 Å². The number of benzene rings is 2. The summed E-state index contributed by atoms with van der Waals surface area (Å²) >= 11 is 7.72. The van der Waals surface area contributed by atoms with E-state index in [1.165, 1.54) is 5.56 Å². The van der Waals surface area contributed by atoms with E-state index >= 15 is 0 Å². The molecule has 4 aromatic rings. The van der Waals surface area contributed by atoms with Crippen LogP contribution in [0, 0.1) is 0 Å². The number of hydrogen-bond donors (Lipinski definition) is 1. The molecule has 144 valence electrons. The quantitative estimate of drug-likeness (QED) is 0.459. The van der Waals surface area contributed by atoms with E-state index in [1.807, 2.05) is 53.4 Å². The first-order valence-corrected chi connectivity index (χ1v) is 10.7. The minimum absolute atomic E-state index is 0.00189. The molecule has 0 aliphatic carbocycles. The van der Waals surface area contributed by atoms with Crippen LogP contribution in [0.15, 0.2) is 72.1 Å². The first-order chi connectivity index (χ1) is 14.2. The molecule has 4 nitrogen and oxygen atoms in total. The van der Waals surface area contributed by atoms with Crippen LogP contribution >= 0.6 is 22.9 Å². The lowest BCUT2D eigenvalue weighted by Gasteiger charge is -2.25. The lowest BCUT2D eigenvalue weighted by Crippen LogP contribution is -2.31. The molecule has 0 saturated heterocycles. The van der Waals surface area contributed by atoms with Crippen LogP contribution in [-0.2, 0) is 6.42 Å². The van der Waals surface area contributed by atoms with Crippen molar-refractivity contribution >= 4 is 28.8 Å². The summed E-state index contributed by atoms with van der Waals surface area (Å²) < 4.78 is 0. The molecule has 1 amide bonds. The number of carbonyl (C=O) groups is 1. The number of nitrogens with zero attached hydrogens (tertiary/aromatic N) is 2. The molecule has 0 saturated carbocycles. The first kappa shape index (κ1) is 18.2. The molecule has 1 atom stereocenters. The van der Waals surface area contributed by atoms with Crippen molar-refractivity contribution in [2.24, 2.45) is 0 Å². The minimum Gasteiger partial charge on any atom is -0.325 e. The Labute approximate surface area is 177 Å². The molecule has 1 aliphatic rings. The van der Waals surface area contributed by atoms with E-state index in [9.17, 15) is 4.79 Å². The number of aromatic nitrogens is 2. The Hall–Kier alpha value is -2.89. The summed E-state index contributed by atoms with van der Waals surface area (Å²) in [5.74, 6) is 0.00189. The van der Waals surface area contributed by atoms with Gasteiger partial charge < -0.3 is 4.90 Å². The van der Waals surface area contributed by atoms with Crippen LogP contribution in [0.3, 0.4) is 0 Å². The van der Waals surface area contributed by atoms with E-state index in [2.05, 4.69) is 33.8 Å². The number of amides is 1. The largest absolute Gasteiger partial charge is 0.325 e. The van der Waals surface area contributed by atoms with Gasteiger partial charge in [-0.1, -0.05) is 60.1 Å². The summed E-state index contributed by atoms with van der Waals surface area (Å²) in [7, 11) is 0. The fourth-order valence-corrected chi connectivity index (χ4v) is 4.86. The Morgan fingerprint density at radius 2 is 1.83 bits per heavy atom. The molecule has 0 spiro atoms. The molecule has 1 unspecified atom stereocenters. The zero-order chi connectivity index (χ0) is 19.8. The SMILES string of the molecule is O=C1c2[nH]nc(-c3ccc(Cl)cc3)c2C(c2cccs2)N1CCc1ccccc1. The summed E-state index contributed by atoms with van der Waals surface area (Å²) in [6, 6.07) is 21.8. The highest BCUT2D eigenvalue weighted by Crippen LogP contribution is 2.44. The Bertz CT molecular complexity index is 1140. The van der Waals surface area contributed by atoms with Gasteiger partial charge in [0.15, 0.2) is 0 Å². The van der Waals surface area contributed by atoms with Gasteiger partial charge in [-0.15, -0.1) is 11.3 Å². The molecule has 0 fully saturated rings. The topological polar surface area (TPSA) is 49.0 Å². The monoisotopic (exact) mass is 419 g/mol. The number of H-pyrrole nitrogens is 1. The van der Waals surface area contributed by atoms with Crippen LogP contribution in [0.25, 0.3) is 11.3 Å². The molecule has 6 heteroatoms. The van der Waals surface area contributed by atoms with Crippen LogP contribution in [0.5, 0.6) is 0 Å². The molecule has 0 bridgehead atoms. The molecular weight excluding hydrogens is 402 g/mol. The summed E-state index contributed by atoms with van der Waals surface area (Å²) in [6.07, 6.45) is 0.808. The van der Waals surface area contributed by atoms with E-state index in [-0.39, 0.29) is 11.9 Å². The van der Waals surface area contributed by atoms with E-state index in [4.69, 9.17) is 11.6 Å². The molecule has 1 N–H and O–H groups in total. The van der Waals surface area contributed by atoms with E-state index < -0.39 is 0 Å². The van der Waals surface area contributed by atoms with Crippen LogP contribution in [0.1, 0.15) is 32.5 Å². The second kappa shape index (κ2) is 7.50.